The molecule has 4 heterocycles. The van der Waals surface area contributed by atoms with Crippen molar-refractivity contribution < 1.29 is 29.4 Å². The van der Waals surface area contributed by atoms with E-state index in [-0.39, 0.29) is 43.4 Å². The molecule has 4 rings (SSSR count). The number of aromatic amines is 2. The summed E-state index contributed by atoms with van der Waals surface area (Å²) in [7, 11) is 0. The Morgan fingerprint density at radius 3 is 2.14 bits per heavy atom. The Balaban J connectivity index is 1.91. The lowest BCUT2D eigenvalue weighted by molar-refractivity contribution is -0.138. The molecule has 2 aromatic heterocycles. The van der Waals surface area contributed by atoms with Crippen molar-refractivity contribution in [3.8, 4) is 0 Å². The van der Waals surface area contributed by atoms with Gasteiger partial charge in [-0.05, 0) is 99.1 Å². The lowest BCUT2D eigenvalue weighted by Gasteiger charge is -2.03. The predicted octanol–water partition coefficient (Wildman–Crippen LogP) is 3.14. The molecule has 10 heteroatoms. The van der Waals surface area contributed by atoms with Gasteiger partial charge in [-0.2, -0.15) is 0 Å². The first-order valence-electron chi connectivity index (χ1n) is 14.1. The molecule has 43 heavy (non-hydrogen) atoms. The molecule has 10 nitrogen and oxygen atoms in total. The maximum absolute atomic E-state index is 12.3. The molecule has 2 amide bonds. The number of allylic oxidation sites excluding steroid dienone is 3. The number of aromatic nitrogens is 2. The third-order valence-electron chi connectivity index (χ3n) is 8.12. The average Bonchev–Trinajstić information content (AvgIpc) is 3.59. The molecule has 2 aliphatic rings. The maximum atomic E-state index is 12.3. The van der Waals surface area contributed by atoms with Gasteiger partial charge in [0.2, 0.25) is 5.91 Å². The van der Waals surface area contributed by atoms with Crippen LogP contribution in [0.15, 0.2) is 46.1 Å². The number of aliphatic imine (C=N–C) groups is 1. The van der Waals surface area contributed by atoms with E-state index in [1.807, 2.05) is 45.9 Å². The quantitative estimate of drug-likeness (QED) is 0.288. The number of carbonyl (C=O) groups is 4. The summed E-state index contributed by atoms with van der Waals surface area (Å²) >= 11 is 0. The minimum Gasteiger partial charge on any atom is -0.481 e. The van der Waals surface area contributed by atoms with E-state index in [1.165, 1.54) is 6.08 Å². The number of carboxylic acids is 2. The van der Waals surface area contributed by atoms with Crippen LogP contribution in [0.3, 0.4) is 0 Å². The van der Waals surface area contributed by atoms with Gasteiger partial charge in [0, 0.05) is 46.2 Å². The van der Waals surface area contributed by atoms with Gasteiger partial charge in [0.25, 0.3) is 5.91 Å². The summed E-state index contributed by atoms with van der Waals surface area (Å²) in [6.07, 6.45) is 9.23. The SMILES string of the molecule is C=CC1=C(C)C(C=c2[nH]/c(=C\c3[nH]c(/C=C4\NC(=O)C(C)\C4=C/C)c(C)c3CCC(=O)O)c(CCC(=O)O)c2C)=NC1=O. The molecule has 1 saturated heterocycles. The highest BCUT2D eigenvalue weighted by molar-refractivity contribution is 6.31. The molecule has 5 N–H and O–H groups in total. The predicted molar refractivity (Wildman–Crippen MR) is 165 cm³/mol. The maximum Gasteiger partial charge on any atom is 0.303 e. The Hall–Kier alpha value is -4.99. The Morgan fingerprint density at radius 2 is 1.56 bits per heavy atom. The molecule has 2 aromatic rings. The van der Waals surface area contributed by atoms with Gasteiger partial charge >= 0.3 is 11.9 Å². The topological polar surface area (TPSA) is 165 Å². The highest BCUT2D eigenvalue weighted by Gasteiger charge is 2.29. The van der Waals surface area contributed by atoms with Crippen LogP contribution in [0.25, 0.3) is 18.2 Å². The van der Waals surface area contributed by atoms with E-state index < -0.39 is 11.9 Å². The first kappa shape index (κ1) is 31.0. The molecule has 0 saturated carbocycles. The minimum atomic E-state index is -0.934. The van der Waals surface area contributed by atoms with Crippen LogP contribution in [-0.4, -0.2) is 49.6 Å². The van der Waals surface area contributed by atoms with Gasteiger partial charge in [0.1, 0.15) is 0 Å². The van der Waals surface area contributed by atoms with E-state index in [1.54, 1.807) is 13.0 Å². The van der Waals surface area contributed by atoms with E-state index in [0.717, 1.165) is 33.5 Å². The van der Waals surface area contributed by atoms with Crippen molar-refractivity contribution in [2.24, 2.45) is 10.9 Å². The summed E-state index contributed by atoms with van der Waals surface area (Å²) in [4.78, 5) is 58.6. The molecule has 0 spiro atoms. The fraction of sp³-hybridized carbons (Fsp3) is 0.303. The number of H-pyrrole nitrogens is 2. The number of amides is 2. The van der Waals surface area contributed by atoms with Crippen LogP contribution in [0.2, 0.25) is 0 Å². The number of hydrogen-bond donors (Lipinski definition) is 5. The van der Waals surface area contributed by atoms with Crippen molar-refractivity contribution in [2.45, 2.75) is 60.3 Å². The molecule has 2 aliphatic heterocycles. The lowest BCUT2D eigenvalue weighted by Crippen LogP contribution is -2.16. The molecule has 0 radical (unpaired) electrons. The zero-order valence-corrected chi connectivity index (χ0v) is 25.0. The summed E-state index contributed by atoms with van der Waals surface area (Å²) in [5, 5.41) is 23.1. The van der Waals surface area contributed by atoms with Gasteiger partial charge in [-0.25, -0.2) is 4.99 Å². The number of carboxylic acid groups (broad SMARTS) is 2. The fourth-order valence-corrected chi connectivity index (χ4v) is 5.57. The fourth-order valence-electron chi connectivity index (χ4n) is 5.57. The van der Waals surface area contributed by atoms with Crippen LogP contribution in [0.1, 0.15) is 67.3 Å². The van der Waals surface area contributed by atoms with E-state index in [0.29, 0.717) is 38.9 Å². The third-order valence-corrected chi connectivity index (χ3v) is 8.12. The average molecular weight is 585 g/mol. The molecule has 0 aromatic carbocycles. The smallest absolute Gasteiger partial charge is 0.303 e. The molecular weight excluding hydrogens is 548 g/mol. The molecule has 0 aliphatic carbocycles. The summed E-state index contributed by atoms with van der Waals surface area (Å²) in [5.41, 5.74) is 7.87. The van der Waals surface area contributed by atoms with Crippen LogP contribution in [0.4, 0.5) is 0 Å². The number of nitrogens with zero attached hydrogens (tertiary/aromatic N) is 1. The zero-order chi connectivity index (χ0) is 31.6. The van der Waals surface area contributed by atoms with Crippen molar-refractivity contribution >= 4 is 47.7 Å². The van der Waals surface area contributed by atoms with E-state index in [9.17, 15) is 29.4 Å². The third kappa shape index (κ3) is 6.28. The van der Waals surface area contributed by atoms with Crippen molar-refractivity contribution in [2.75, 3.05) is 0 Å². The number of hydrogen-bond acceptors (Lipinski definition) is 4. The van der Waals surface area contributed by atoms with Gasteiger partial charge in [-0.15, -0.1) is 0 Å². The summed E-state index contributed by atoms with van der Waals surface area (Å²) < 4.78 is 0. The summed E-state index contributed by atoms with van der Waals surface area (Å²) in [6.45, 7) is 13.0. The largest absolute Gasteiger partial charge is 0.481 e. The van der Waals surface area contributed by atoms with Gasteiger partial charge in [-0.3, -0.25) is 19.2 Å². The second-order valence-electron chi connectivity index (χ2n) is 10.7. The second-order valence-corrected chi connectivity index (χ2v) is 10.7. The van der Waals surface area contributed by atoms with Gasteiger partial charge in [0.15, 0.2) is 0 Å². The first-order chi connectivity index (χ1) is 20.4. The minimum absolute atomic E-state index is 0.0802. The first-order valence-corrected chi connectivity index (χ1v) is 14.1. The highest BCUT2D eigenvalue weighted by Crippen LogP contribution is 2.29. The number of carbonyl (C=O) groups excluding carboxylic acids is 2. The highest BCUT2D eigenvalue weighted by atomic mass is 16.4. The van der Waals surface area contributed by atoms with Crippen molar-refractivity contribution in [3.05, 3.63) is 85.5 Å². The Bertz CT molecular complexity index is 1810. The Labute approximate surface area is 249 Å². The monoisotopic (exact) mass is 584 g/mol. The second kappa shape index (κ2) is 12.5. The molecule has 1 fully saturated rings. The van der Waals surface area contributed by atoms with E-state index in [4.69, 9.17) is 0 Å². The molecule has 224 valence electrons. The van der Waals surface area contributed by atoms with Crippen molar-refractivity contribution in [1.29, 1.82) is 0 Å². The Morgan fingerprint density at radius 1 is 0.907 bits per heavy atom. The Kier molecular flexibility index (Phi) is 8.99. The van der Waals surface area contributed by atoms with Crippen LogP contribution in [0.5, 0.6) is 0 Å². The molecule has 0 bridgehead atoms. The van der Waals surface area contributed by atoms with Gasteiger partial charge in [-0.1, -0.05) is 18.7 Å². The molecular formula is C33H36N4O6. The van der Waals surface area contributed by atoms with Gasteiger partial charge in [0.05, 0.1) is 11.6 Å². The normalized spacial score (nSPS) is 19.7. The molecule has 1 unspecified atom stereocenters. The summed E-state index contributed by atoms with van der Waals surface area (Å²) in [5.74, 6) is -2.59. The van der Waals surface area contributed by atoms with E-state index >= 15 is 0 Å². The van der Waals surface area contributed by atoms with Crippen LogP contribution in [-0.2, 0) is 32.0 Å². The number of nitrogens with one attached hydrogen (secondary N) is 3. The number of aliphatic carboxylic acids is 2. The lowest BCUT2D eigenvalue weighted by atomic mass is 10.00. The van der Waals surface area contributed by atoms with Crippen LogP contribution in [0, 0.1) is 19.8 Å². The van der Waals surface area contributed by atoms with Crippen LogP contribution < -0.4 is 16.0 Å². The number of rotatable bonds is 10. The zero-order valence-electron chi connectivity index (χ0n) is 25.0. The van der Waals surface area contributed by atoms with Crippen molar-refractivity contribution in [3.63, 3.8) is 0 Å². The summed E-state index contributed by atoms with van der Waals surface area (Å²) in [6, 6.07) is 0. The van der Waals surface area contributed by atoms with Gasteiger partial charge < -0.3 is 25.5 Å². The van der Waals surface area contributed by atoms with Crippen molar-refractivity contribution in [1.82, 2.24) is 15.3 Å². The van der Waals surface area contributed by atoms with E-state index in [2.05, 4.69) is 26.9 Å². The standard InChI is InChI=1S/C33H36N4O6/c1-7-20-19(6)32(42)37-27(20)14-25-18(5)23(10-12-31(40)41)29(35-25)15-28-22(9-11-30(38)39)17(4)24(34-28)13-26-16(3)21(8-2)33(43)36-26/h7-8,13-15,19,34-35H,2,9-12H2,1,3-6H3,(H,37,42)(H,38,39)(H,40,41)/b20-7+,24-13?,27-14-,28-15-. The molecule has 1 atom stereocenters. The van der Waals surface area contributed by atoms with Crippen LogP contribution >= 0.6 is 0 Å².